The van der Waals surface area contributed by atoms with Gasteiger partial charge in [-0.05, 0) is 49.8 Å². The second-order valence-electron chi connectivity index (χ2n) is 7.71. The summed E-state index contributed by atoms with van der Waals surface area (Å²) in [5.74, 6) is -0.765. The fourth-order valence-electron chi connectivity index (χ4n) is 4.47. The number of carbonyl (C=O) groups is 2. The highest BCUT2D eigenvalue weighted by atomic mass is 16.5. The van der Waals surface area contributed by atoms with Crippen molar-refractivity contribution in [1.29, 1.82) is 0 Å². The van der Waals surface area contributed by atoms with Gasteiger partial charge in [0, 0.05) is 45.8 Å². The van der Waals surface area contributed by atoms with E-state index in [0.717, 1.165) is 44.3 Å². The van der Waals surface area contributed by atoms with Gasteiger partial charge in [0.1, 0.15) is 0 Å². The van der Waals surface area contributed by atoms with Gasteiger partial charge in [-0.15, -0.1) is 0 Å². The second kappa shape index (κ2) is 8.85. The molecule has 0 aromatic heterocycles. The van der Waals surface area contributed by atoms with Crippen LogP contribution in [-0.4, -0.2) is 72.2 Å². The average molecular weight is 374 g/mol. The summed E-state index contributed by atoms with van der Waals surface area (Å²) in [6, 6.07) is 7.50. The summed E-state index contributed by atoms with van der Waals surface area (Å²) in [5.41, 5.74) is 1.27. The lowest BCUT2D eigenvalue weighted by atomic mass is 10.1. The van der Waals surface area contributed by atoms with Gasteiger partial charge in [0.25, 0.3) is 0 Å². The largest absolute Gasteiger partial charge is 0.478 e. The van der Waals surface area contributed by atoms with Crippen molar-refractivity contribution in [2.24, 2.45) is 0 Å². The summed E-state index contributed by atoms with van der Waals surface area (Å²) in [4.78, 5) is 28.1. The molecule has 2 fully saturated rings. The van der Waals surface area contributed by atoms with Gasteiger partial charge in [-0.1, -0.05) is 12.1 Å². The van der Waals surface area contributed by atoms with E-state index in [1.54, 1.807) is 31.4 Å². The number of likely N-dealkylation sites (N-methyl/N-ethyl adjacent to an activating group) is 1. The first kappa shape index (κ1) is 19.8. The number of carboxylic acid groups (broad SMARTS) is 1. The van der Waals surface area contributed by atoms with Crippen LogP contribution in [0.25, 0.3) is 0 Å². The van der Waals surface area contributed by atoms with Crippen LogP contribution in [0.4, 0.5) is 0 Å². The summed E-state index contributed by atoms with van der Waals surface area (Å²) >= 11 is 0. The Morgan fingerprint density at radius 1 is 1.22 bits per heavy atom. The van der Waals surface area contributed by atoms with Crippen LogP contribution in [-0.2, 0) is 16.0 Å². The molecular formula is C21H30N2O4. The lowest BCUT2D eigenvalue weighted by Crippen LogP contribution is -2.49. The Morgan fingerprint density at radius 2 is 1.96 bits per heavy atom. The maximum Gasteiger partial charge on any atom is 0.335 e. The zero-order chi connectivity index (χ0) is 19.4. The van der Waals surface area contributed by atoms with Crippen LogP contribution in [0, 0.1) is 0 Å². The summed E-state index contributed by atoms with van der Waals surface area (Å²) in [5, 5.41) is 8.96. The van der Waals surface area contributed by atoms with Crippen LogP contribution in [0.15, 0.2) is 24.3 Å². The molecule has 6 nitrogen and oxygen atoms in total. The van der Waals surface area contributed by atoms with Crippen LogP contribution in [0.3, 0.4) is 0 Å². The van der Waals surface area contributed by atoms with Crippen LogP contribution in [0.5, 0.6) is 0 Å². The van der Waals surface area contributed by atoms with Crippen molar-refractivity contribution in [3.05, 3.63) is 35.4 Å². The van der Waals surface area contributed by atoms with Crippen molar-refractivity contribution in [3.63, 3.8) is 0 Å². The summed E-state index contributed by atoms with van der Waals surface area (Å²) in [6.45, 7) is 2.02. The van der Waals surface area contributed by atoms with E-state index < -0.39 is 5.97 Å². The molecule has 2 aliphatic rings. The zero-order valence-corrected chi connectivity index (χ0v) is 16.3. The molecule has 1 aliphatic heterocycles. The van der Waals surface area contributed by atoms with Crippen molar-refractivity contribution >= 4 is 11.9 Å². The number of hydrogen-bond donors (Lipinski definition) is 1. The van der Waals surface area contributed by atoms with Gasteiger partial charge >= 0.3 is 5.97 Å². The fraction of sp³-hybridized carbons (Fsp3) is 0.619. The Bertz CT molecular complexity index is 661. The summed E-state index contributed by atoms with van der Waals surface area (Å²) in [6.07, 6.45) is 5.86. The monoisotopic (exact) mass is 374 g/mol. The first-order valence-electron chi connectivity index (χ1n) is 9.84. The van der Waals surface area contributed by atoms with Crippen LogP contribution in [0.1, 0.15) is 48.0 Å². The minimum atomic E-state index is -0.928. The van der Waals surface area contributed by atoms with Gasteiger partial charge in [-0.3, -0.25) is 9.69 Å². The Hall–Kier alpha value is -1.92. The maximum absolute atomic E-state index is 12.7. The van der Waals surface area contributed by atoms with Gasteiger partial charge in [0.15, 0.2) is 0 Å². The first-order valence-corrected chi connectivity index (χ1v) is 9.84. The zero-order valence-electron chi connectivity index (χ0n) is 16.3. The van der Waals surface area contributed by atoms with E-state index in [2.05, 4.69) is 4.90 Å². The Labute approximate surface area is 161 Å². The Morgan fingerprint density at radius 3 is 2.59 bits per heavy atom. The standard InChI is InChI=1S/C21H30N2O4/c1-22(18-4-3-5-19(18)23-13-12-17(14-23)27-2)20(24)11-8-15-6-9-16(10-7-15)21(25)26/h6-7,9-10,17-19H,3-5,8,11-14H2,1-2H3,(H,25,26)/t17?,18-,19+/m0/s1. The van der Waals surface area contributed by atoms with E-state index >= 15 is 0 Å². The number of likely N-dealkylation sites (tertiary alicyclic amines) is 1. The fourth-order valence-corrected chi connectivity index (χ4v) is 4.47. The summed E-state index contributed by atoms with van der Waals surface area (Å²) < 4.78 is 5.50. The van der Waals surface area contributed by atoms with Crippen molar-refractivity contribution < 1.29 is 19.4 Å². The molecule has 3 atom stereocenters. The third kappa shape index (κ3) is 4.68. The highest BCUT2D eigenvalue weighted by Gasteiger charge is 2.39. The molecule has 1 unspecified atom stereocenters. The number of rotatable bonds is 7. The van der Waals surface area contributed by atoms with Crippen molar-refractivity contribution in [1.82, 2.24) is 9.80 Å². The maximum atomic E-state index is 12.7. The van der Waals surface area contributed by atoms with Crippen molar-refractivity contribution in [2.75, 3.05) is 27.2 Å². The Balaban J connectivity index is 1.53. The number of carbonyl (C=O) groups excluding carboxylic acids is 1. The van der Waals surface area contributed by atoms with Gasteiger partial charge < -0.3 is 14.7 Å². The van der Waals surface area contributed by atoms with Gasteiger partial charge in [0.05, 0.1) is 11.7 Å². The quantitative estimate of drug-likeness (QED) is 0.794. The highest BCUT2D eigenvalue weighted by molar-refractivity contribution is 5.87. The number of aryl methyl sites for hydroxylation is 1. The molecule has 6 heteroatoms. The number of nitrogens with zero attached hydrogens (tertiary/aromatic N) is 2. The topological polar surface area (TPSA) is 70.1 Å². The van der Waals surface area contributed by atoms with Gasteiger partial charge in [-0.2, -0.15) is 0 Å². The second-order valence-corrected chi connectivity index (χ2v) is 7.71. The molecule has 1 saturated heterocycles. The highest BCUT2D eigenvalue weighted by Crippen LogP contribution is 2.31. The lowest BCUT2D eigenvalue weighted by Gasteiger charge is -2.35. The van der Waals surface area contributed by atoms with Gasteiger partial charge in [-0.25, -0.2) is 4.79 Å². The van der Waals surface area contributed by atoms with E-state index in [1.165, 1.54) is 0 Å². The smallest absolute Gasteiger partial charge is 0.335 e. The molecule has 1 aliphatic carbocycles. The van der Waals surface area contributed by atoms with E-state index in [9.17, 15) is 9.59 Å². The molecule has 1 N–H and O–H groups in total. The molecule has 1 amide bonds. The minimum absolute atomic E-state index is 0.164. The molecule has 3 rings (SSSR count). The molecule has 1 aromatic rings. The van der Waals surface area contributed by atoms with Crippen LogP contribution in [0.2, 0.25) is 0 Å². The van der Waals surface area contributed by atoms with Crippen molar-refractivity contribution in [3.8, 4) is 0 Å². The molecule has 27 heavy (non-hydrogen) atoms. The number of carboxylic acids is 1. The molecule has 1 aromatic carbocycles. The molecular weight excluding hydrogens is 344 g/mol. The predicted octanol–water partition coefficient (Wildman–Crippen LogP) is 2.42. The van der Waals surface area contributed by atoms with Crippen LogP contribution < -0.4 is 0 Å². The van der Waals surface area contributed by atoms with E-state index in [0.29, 0.717) is 25.0 Å². The van der Waals surface area contributed by atoms with E-state index in [-0.39, 0.29) is 17.5 Å². The average Bonchev–Trinajstić information content (AvgIpc) is 3.34. The van der Waals surface area contributed by atoms with Crippen LogP contribution >= 0.6 is 0 Å². The number of hydrogen-bond acceptors (Lipinski definition) is 4. The minimum Gasteiger partial charge on any atom is -0.478 e. The third-order valence-corrected chi connectivity index (χ3v) is 6.14. The third-order valence-electron chi connectivity index (χ3n) is 6.14. The molecule has 0 bridgehead atoms. The number of aromatic carboxylic acids is 1. The first-order chi connectivity index (χ1) is 13.0. The predicted molar refractivity (Wildman–Crippen MR) is 103 cm³/mol. The molecule has 1 heterocycles. The molecule has 1 saturated carbocycles. The van der Waals surface area contributed by atoms with E-state index in [1.807, 2.05) is 11.9 Å². The normalized spacial score (nSPS) is 25.6. The summed E-state index contributed by atoms with van der Waals surface area (Å²) in [7, 11) is 3.71. The number of benzene rings is 1. The van der Waals surface area contributed by atoms with E-state index in [4.69, 9.17) is 9.84 Å². The van der Waals surface area contributed by atoms with Gasteiger partial charge in [0.2, 0.25) is 5.91 Å². The number of methoxy groups -OCH3 is 1. The SMILES string of the molecule is COC1CCN([C@@H]2CCC[C@@H]2N(C)C(=O)CCc2ccc(C(=O)O)cc2)C1. The number of amides is 1. The molecule has 0 spiro atoms. The lowest BCUT2D eigenvalue weighted by molar-refractivity contribution is -0.132. The molecule has 0 radical (unpaired) electrons. The number of ether oxygens (including phenoxy) is 1. The van der Waals surface area contributed by atoms with Crippen molar-refractivity contribution in [2.45, 2.75) is 56.7 Å². The Kier molecular flexibility index (Phi) is 6.50. The molecule has 148 valence electrons.